The predicted molar refractivity (Wildman–Crippen MR) is 44.9 cm³/mol. The largest absolute Gasteiger partial charge is 0.472 e. The molecule has 0 aliphatic carbocycles. The summed E-state index contributed by atoms with van der Waals surface area (Å²) in [5.41, 5.74) is 0.176. The van der Waals surface area contributed by atoms with Crippen molar-refractivity contribution < 1.29 is 14.3 Å². The molecule has 0 spiro atoms. The van der Waals surface area contributed by atoms with Gasteiger partial charge in [0.15, 0.2) is 0 Å². The van der Waals surface area contributed by atoms with Crippen LogP contribution in [-0.2, 0) is 11.2 Å². The summed E-state index contributed by atoms with van der Waals surface area (Å²) in [6, 6.07) is 1.84. The van der Waals surface area contributed by atoms with Gasteiger partial charge in [0, 0.05) is 13.5 Å². The molecule has 0 aromatic carbocycles. The molecule has 12 heavy (non-hydrogen) atoms. The van der Waals surface area contributed by atoms with Crippen LogP contribution in [0.2, 0.25) is 0 Å². The van der Waals surface area contributed by atoms with E-state index in [2.05, 4.69) is 0 Å². The first-order valence-corrected chi connectivity index (χ1v) is 3.86. The third-order valence-electron chi connectivity index (χ3n) is 1.62. The van der Waals surface area contributed by atoms with Gasteiger partial charge in [-0.05, 0) is 18.6 Å². The number of furan rings is 1. The fourth-order valence-electron chi connectivity index (χ4n) is 1.19. The third-order valence-corrected chi connectivity index (χ3v) is 1.62. The molecule has 68 valence electrons. The van der Waals surface area contributed by atoms with Crippen molar-refractivity contribution in [3.05, 3.63) is 24.2 Å². The lowest BCUT2D eigenvalue weighted by molar-refractivity contribution is -0.0161. The average Bonchev–Trinajstić information content (AvgIpc) is 2.38. The summed E-state index contributed by atoms with van der Waals surface area (Å²) in [4.78, 5) is 0. The summed E-state index contributed by atoms with van der Waals surface area (Å²) in [5.74, 6) is 0. The van der Waals surface area contributed by atoms with Gasteiger partial charge in [-0.2, -0.15) is 0 Å². The van der Waals surface area contributed by atoms with Crippen LogP contribution in [0.25, 0.3) is 0 Å². The lowest BCUT2D eigenvalue weighted by Crippen LogP contribution is -2.32. The van der Waals surface area contributed by atoms with E-state index in [9.17, 15) is 5.11 Å². The van der Waals surface area contributed by atoms with Crippen molar-refractivity contribution in [2.24, 2.45) is 0 Å². The van der Waals surface area contributed by atoms with Gasteiger partial charge in [0.1, 0.15) is 0 Å². The molecule has 1 heterocycles. The summed E-state index contributed by atoms with van der Waals surface area (Å²) in [6.45, 7) is 2.07. The minimum absolute atomic E-state index is 0.332. The molecule has 1 aromatic heterocycles. The molecule has 0 bridgehead atoms. The maximum Gasteiger partial charge on any atom is 0.0935 e. The summed E-state index contributed by atoms with van der Waals surface area (Å²) < 4.78 is 9.76. The van der Waals surface area contributed by atoms with Crippen LogP contribution in [0.1, 0.15) is 12.5 Å². The molecule has 0 radical (unpaired) electrons. The molecule has 1 atom stereocenters. The van der Waals surface area contributed by atoms with Crippen molar-refractivity contribution in [3.63, 3.8) is 0 Å². The van der Waals surface area contributed by atoms with Crippen molar-refractivity contribution >= 4 is 0 Å². The molecule has 0 saturated heterocycles. The first-order valence-electron chi connectivity index (χ1n) is 3.86. The van der Waals surface area contributed by atoms with Crippen LogP contribution in [-0.4, -0.2) is 24.4 Å². The highest BCUT2D eigenvalue weighted by Crippen LogP contribution is 2.13. The third kappa shape index (κ3) is 2.68. The number of hydrogen-bond acceptors (Lipinski definition) is 3. The Kier molecular flexibility index (Phi) is 2.89. The van der Waals surface area contributed by atoms with Gasteiger partial charge in [-0.15, -0.1) is 0 Å². The Morgan fingerprint density at radius 2 is 2.42 bits per heavy atom. The molecule has 1 aromatic rings. The lowest BCUT2D eigenvalue weighted by atomic mass is 10.00. The van der Waals surface area contributed by atoms with Crippen LogP contribution in [0.5, 0.6) is 0 Å². The van der Waals surface area contributed by atoms with Crippen molar-refractivity contribution in [1.29, 1.82) is 0 Å². The topological polar surface area (TPSA) is 42.6 Å². The highest BCUT2D eigenvalue weighted by molar-refractivity contribution is 5.08. The van der Waals surface area contributed by atoms with Crippen LogP contribution >= 0.6 is 0 Å². The van der Waals surface area contributed by atoms with E-state index < -0.39 is 5.60 Å². The van der Waals surface area contributed by atoms with E-state index in [0.29, 0.717) is 13.0 Å². The second-order valence-corrected chi connectivity index (χ2v) is 3.24. The van der Waals surface area contributed by atoms with E-state index in [1.54, 1.807) is 26.6 Å². The molecular weight excluding hydrogens is 156 g/mol. The number of rotatable bonds is 4. The Hall–Kier alpha value is -0.800. The van der Waals surface area contributed by atoms with Crippen LogP contribution in [0.15, 0.2) is 23.0 Å². The van der Waals surface area contributed by atoms with Crippen LogP contribution in [0, 0.1) is 0 Å². The van der Waals surface area contributed by atoms with Gasteiger partial charge >= 0.3 is 0 Å². The number of aliphatic hydroxyl groups is 1. The quantitative estimate of drug-likeness (QED) is 0.738. The zero-order valence-electron chi connectivity index (χ0n) is 7.41. The van der Waals surface area contributed by atoms with Crippen LogP contribution in [0.4, 0.5) is 0 Å². The van der Waals surface area contributed by atoms with E-state index in [1.807, 2.05) is 6.07 Å². The summed E-state index contributed by atoms with van der Waals surface area (Å²) >= 11 is 0. The number of methoxy groups -OCH3 is 1. The highest BCUT2D eigenvalue weighted by Gasteiger charge is 2.20. The highest BCUT2D eigenvalue weighted by atomic mass is 16.5. The summed E-state index contributed by atoms with van der Waals surface area (Å²) in [6.07, 6.45) is 3.78. The Morgan fingerprint density at radius 1 is 1.67 bits per heavy atom. The second-order valence-electron chi connectivity index (χ2n) is 3.24. The van der Waals surface area contributed by atoms with Gasteiger partial charge in [-0.3, -0.25) is 0 Å². The Bertz CT molecular complexity index is 214. The molecule has 3 heteroatoms. The zero-order valence-corrected chi connectivity index (χ0v) is 7.41. The molecule has 0 fully saturated rings. The molecule has 0 amide bonds. The standard InChI is InChI=1S/C9H14O3/c1-9(10,7-11-2)5-8-3-4-12-6-8/h3-4,6,10H,5,7H2,1-2H3. The van der Waals surface area contributed by atoms with Gasteiger partial charge in [0.05, 0.1) is 24.7 Å². The monoisotopic (exact) mass is 170 g/mol. The summed E-state index contributed by atoms with van der Waals surface area (Å²) in [7, 11) is 1.57. The zero-order chi connectivity index (χ0) is 9.03. The smallest absolute Gasteiger partial charge is 0.0935 e. The van der Waals surface area contributed by atoms with Crippen molar-refractivity contribution in [1.82, 2.24) is 0 Å². The second kappa shape index (κ2) is 3.74. The molecule has 3 nitrogen and oxygen atoms in total. The van der Waals surface area contributed by atoms with Gasteiger partial charge in [-0.1, -0.05) is 0 Å². The molecule has 1 unspecified atom stereocenters. The maximum atomic E-state index is 9.72. The molecular formula is C9H14O3. The first kappa shape index (κ1) is 9.29. The van der Waals surface area contributed by atoms with Crippen molar-refractivity contribution in [3.8, 4) is 0 Å². The molecule has 0 aliphatic heterocycles. The van der Waals surface area contributed by atoms with Gasteiger partial charge in [-0.25, -0.2) is 0 Å². The molecule has 0 aliphatic rings. The van der Waals surface area contributed by atoms with Gasteiger partial charge in [0.25, 0.3) is 0 Å². The van der Waals surface area contributed by atoms with E-state index in [0.717, 1.165) is 5.56 Å². The Morgan fingerprint density at radius 3 is 2.92 bits per heavy atom. The van der Waals surface area contributed by atoms with Crippen molar-refractivity contribution in [2.75, 3.05) is 13.7 Å². The molecule has 0 saturated carbocycles. The Balaban J connectivity index is 2.50. The fraction of sp³-hybridized carbons (Fsp3) is 0.556. The van der Waals surface area contributed by atoms with Gasteiger partial charge in [0.2, 0.25) is 0 Å². The normalized spacial score (nSPS) is 15.9. The maximum absolute atomic E-state index is 9.72. The number of ether oxygens (including phenoxy) is 1. The predicted octanol–water partition coefficient (Wildman–Crippen LogP) is 1.22. The average molecular weight is 170 g/mol. The van der Waals surface area contributed by atoms with Crippen LogP contribution in [0.3, 0.4) is 0 Å². The van der Waals surface area contributed by atoms with E-state index in [-0.39, 0.29) is 0 Å². The SMILES string of the molecule is COCC(C)(O)Cc1ccoc1. The lowest BCUT2D eigenvalue weighted by Gasteiger charge is -2.20. The minimum Gasteiger partial charge on any atom is -0.472 e. The van der Waals surface area contributed by atoms with Gasteiger partial charge < -0.3 is 14.3 Å². The van der Waals surface area contributed by atoms with Crippen LogP contribution < -0.4 is 0 Å². The fourth-order valence-corrected chi connectivity index (χ4v) is 1.19. The number of hydrogen-bond donors (Lipinski definition) is 1. The summed E-state index contributed by atoms with van der Waals surface area (Å²) in [5, 5.41) is 9.72. The van der Waals surface area contributed by atoms with Crippen molar-refractivity contribution in [2.45, 2.75) is 18.9 Å². The van der Waals surface area contributed by atoms with E-state index in [4.69, 9.17) is 9.15 Å². The van der Waals surface area contributed by atoms with E-state index in [1.165, 1.54) is 0 Å². The van der Waals surface area contributed by atoms with E-state index >= 15 is 0 Å². The first-order chi connectivity index (χ1) is 5.64. The molecule has 1 N–H and O–H groups in total. The molecule has 1 rings (SSSR count). The Labute approximate surface area is 72.0 Å². The minimum atomic E-state index is -0.807.